The van der Waals surface area contributed by atoms with Crippen LogP contribution in [0.25, 0.3) is 16.9 Å². The van der Waals surface area contributed by atoms with E-state index >= 15 is 0 Å². The summed E-state index contributed by atoms with van der Waals surface area (Å²) in [6.07, 6.45) is 3.56. The van der Waals surface area contributed by atoms with Crippen LogP contribution in [0.4, 0.5) is 10.3 Å². The minimum absolute atomic E-state index is 0.162. The van der Waals surface area contributed by atoms with Gasteiger partial charge in [-0.1, -0.05) is 37.3 Å². The topological polar surface area (TPSA) is 80.4 Å². The van der Waals surface area contributed by atoms with Gasteiger partial charge in [-0.25, -0.2) is 9.37 Å². The van der Waals surface area contributed by atoms with Gasteiger partial charge in [-0.15, -0.1) is 0 Å². The molecule has 33 heavy (non-hydrogen) atoms. The number of carbonyl (C=O) groups excluding carboxylic acids is 2. The molecule has 1 N–H and O–H groups in total. The normalized spacial score (nSPS) is 10.7. The van der Waals surface area contributed by atoms with Crippen molar-refractivity contribution in [1.82, 2.24) is 14.5 Å². The highest BCUT2D eigenvalue weighted by molar-refractivity contribution is 5.93. The van der Waals surface area contributed by atoms with E-state index in [9.17, 15) is 14.0 Å². The molecule has 0 radical (unpaired) electrons. The Kier molecular flexibility index (Phi) is 6.64. The van der Waals surface area contributed by atoms with Crippen LogP contribution in [0.2, 0.25) is 0 Å². The Hall–Kier alpha value is -4.20. The first kappa shape index (κ1) is 22.0. The van der Waals surface area contributed by atoms with Gasteiger partial charge in [0.2, 0.25) is 17.8 Å². The third-order valence-electron chi connectivity index (χ3n) is 5.05. The highest BCUT2D eigenvalue weighted by atomic mass is 19.1. The predicted molar refractivity (Wildman–Crippen MR) is 122 cm³/mol. The van der Waals surface area contributed by atoms with E-state index in [0.29, 0.717) is 17.1 Å². The first-order chi connectivity index (χ1) is 16.0. The maximum Gasteiger partial charge on any atom is 0.246 e. The molecule has 2 amide bonds. The number of benzene rings is 2. The standard InChI is InChI=1S/C25H23FN4O3/c1-2-24(32)29(15-21-9-6-14-33-21)17-23(31)28-25-27-22(18-7-4-3-5-8-18)16-30(25)20-12-10-19(26)11-13-20/h3-14,16H,2,15,17H2,1H3,(H,27,28,31). The van der Waals surface area contributed by atoms with Crippen molar-refractivity contribution in [3.05, 3.63) is 90.8 Å². The molecule has 8 heteroatoms. The first-order valence-electron chi connectivity index (χ1n) is 10.5. The summed E-state index contributed by atoms with van der Waals surface area (Å²) in [6, 6.07) is 18.9. The lowest BCUT2D eigenvalue weighted by Crippen LogP contribution is -2.37. The van der Waals surface area contributed by atoms with Crippen LogP contribution in [-0.4, -0.2) is 32.8 Å². The summed E-state index contributed by atoms with van der Waals surface area (Å²) in [4.78, 5) is 31.3. The first-order valence-corrected chi connectivity index (χ1v) is 10.5. The van der Waals surface area contributed by atoms with Gasteiger partial charge in [-0.05, 0) is 36.4 Å². The SMILES string of the molecule is CCC(=O)N(CC(=O)Nc1nc(-c2ccccc2)cn1-c1ccc(F)cc1)Cc1ccco1. The Bertz CT molecular complexity index is 1220. The van der Waals surface area contributed by atoms with Crippen molar-refractivity contribution in [1.29, 1.82) is 0 Å². The molecule has 168 valence electrons. The van der Waals surface area contributed by atoms with Crippen molar-refractivity contribution >= 4 is 17.8 Å². The summed E-state index contributed by atoms with van der Waals surface area (Å²) in [7, 11) is 0. The molecule has 0 fully saturated rings. The summed E-state index contributed by atoms with van der Waals surface area (Å²) in [5.41, 5.74) is 2.15. The van der Waals surface area contributed by atoms with E-state index in [0.717, 1.165) is 5.56 Å². The molecule has 2 aromatic heterocycles. The zero-order valence-corrected chi connectivity index (χ0v) is 18.1. The number of halogens is 1. The maximum absolute atomic E-state index is 13.5. The van der Waals surface area contributed by atoms with Gasteiger partial charge in [0.25, 0.3) is 0 Å². The summed E-state index contributed by atoms with van der Waals surface area (Å²) in [5, 5.41) is 2.80. The van der Waals surface area contributed by atoms with Gasteiger partial charge in [0, 0.05) is 23.9 Å². The highest BCUT2D eigenvalue weighted by Crippen LogP contribution is 2.24. The number of imidazole rings is 1. The number of furan rings is 1. The highest BCUT2D eigenvalue weighted by Gasteiger charge is 2.20. The summed E-state index contributed by atoms with van der Waals surface area (Å²) in [6.45, 7) is 1.77. The number of aromatic nitrogens is 2. The van der Waals surface area contributed by atoms with Crippen molar-refractivity contribution in [2.24, 2.45) is 0 Å². The van der Waals surface area contributed by atoms with E-state index in [2.05, 4.69) is 10.3 Å². The average molecular weight is 446 g/mol. The van der Waals surface area contributed by atoms with Gasteiger partial charge >= 0.3 is 0 Å². The quantitative estimate of drug-likeness (QED) is 0.427. The summed E-state index contributed by atoms with van der Waals surface area (Å²) >= 11 is 0. The van der Waals surface area contributed by atoms with Crippen LogP contribution in [0.5, 0.6) is 0 Å². The van der Waals surface area contributed by atoms with Crippen LogP contribution >= 0.6 is 0 Å². The number of nitrogens with zero attached hydrogens (tertiary/aromatic N) is 3. The fourth-order valence-corrected chi connectivity index (χ4v) is 3.40. The number of hydrogen-bond acceptors (Lipinski definition) is 4. The number of hydrogen-bond donors (Lipinski definition) is 1. The largest absolute Gasteiger partial charge is 0.467 e. The van der Waals surface area contributed by atoms with Crippen molar-refractivity contribution in [3.63, 3.8) is 0 Å². The zero-order valence-electron chi connectivity index (χ0n) is 18.1. The van der Waals surface area contributed by atoms with Crippen LogP contribution in [-0.2, 0) is 16.1 Å². The van der Waals surface area contributed by atoms with Gasteiger partial charge < -0.3 is 9.32 Å². The number of amides is 2. The molecule has 0 aliphatic rings. The van der Waals surface area contributed by atoms with Crippen molar-refractivity contribution in [2.45, 2.75) is 19.9 Å². The molecule has 4 aromatic rings. The lowest BCUT2D eigenvalue weighted by atomic mass is 10.2. The third kappa shape index (κ3) is 5.35. The molecule has 0 saturated carbocycles. The molecule has 0 unspecified atom stereocenters. The minimum Gasteiger partial charge on any atom is -0.467 e. The predicted octanol–water partition coefficient (Wildman–Crippen LogP) is 4.65. The van der Waals surface area contributed by atoms with E-state index < -0.39 is 5.91 Å². The molecule has 2 aromatic carbocycles. The lowest BCUT2D eigenvalue weighted by Gasteiger charge is -2.20. The van der Waals surface area contributed by atoms with E-state index in [1.807, 2.05) is 30.3 Å². The molecular weight excluding hydrogens is 423 g/mol. The Morgan fingerprint density at radius 3 is 2.48 bits per heavy atom. The second kappa shape index (κ2) is 9.95. The molecule has 0 aliphatic carbocycles. The number of rotatable bonds is 8. The Balaban J connectivity index is 1.60. The van der Waals surface area contributed by atoms with Crippen LogP contribution in [0.15, 0.2) is 83.6 Å². The molecule has 4 rings (SSSR count). The van der Waals surface area contributed by atoms with Gasteiger partial charge in [0.05, 0.1) is 18.5 Å². The molecule has 0 aliphatic heterocycles. The molecule has 0 bridgehead atoms. The zero-order chi connectivity index (χ0) is 23.2. The maximum atomic E-state index is 13.5. The van der Waals surface area contributed by atoms with Crippen LogP contribution in [0.3, 0.4) is 0 Å². The average Bonchev–Trinajstić information content (AvgIpc) is 3.49. The Morgan fingerprint density at radius 1 is 1.06 bits per heavy atom. The van der Waals surface area contributed by atoms with Gasteiger partial charge in [0.15, 0.2) is 0 Å². The molecule has 0 atom stereocenters. The van der Waals surface area contributed by atoms with Crippen molar-refractivity contribution < 1.29 is 18.4 Å². The number of nitrogens with one attached hydrogen (secondary N) is 1. The fourth-order valence-electron chi connectivity index (χ4n) is 3.40. The van der Waals surface area contributed by atoms with E-state index in [-0.39, 0.29) is 37.2 Å². The van der Waals surface area contributed by atoms with Gasteiger partial charge in [0.1, 0.15) is 18.1 Å². The lowest BCUT2D eigenvalue weighted by molar-refractivity contribution is -0.135. The van der Waals surface area contributed by atoms with Crippen molar-refractivity contribution in [3.8, 4) is 16.9 Å². The second-order valence-electron chi connectivity index (χ2n) is 7.39. The molecule has 0 saturated heterocycles. The van der Waals surface area contributed by atoms with Crippen molar-refractivity contribution in [2.75, 3.05) is 11.9 Å². The van der Waals surface area contributed by atoms with Crippen LogP contribution in [0.1, 0.15) is 19.1 Å². The summed E-state index contributed by atoms with van der Waals surface area (Å²) < 4.78 is 20.5. The molecule has 0 spiro atoms. The van der Waals surface area contributed by atoms with Gasteiger partial charge in [-0.2, -0.15) is 0 Å². The van der Waals surface area contributed by atoms with E-state index in [1.165, 1.54) is 23.3 Å². The van der Waals surface area contributed by atoms with Gasteiger partial charge in [-0.3, -0.25) is 19.5 Å². The van der Waals surface area contributed by atoms with Crippen LogP contribution in [0, 0.1) is 5.82 Å². The Morgan fingerprint density at radius 2 is 1.82 bits per heavy atom. The van der Waals surface area contributed by atoms with E-state index in [4.69, 9.17) is 4.42 Å². The Labute approximate surface area is 190 Å². The molecule has 7 nitrogen and oxygen atoms in total. The number of carbonyl (C=O) groups is 2. The summed E-state index contributed by atoms with van der Waals surface area (Å²) in [5.74, 6) is -0.0826. The van der Waals surface area contributed by atoms with E-state index in [1.54, 1.807) is 42.0 Å². The second-order valence-corrected chi connectivity index (χ2v) is 7.39. The molecular formula is C25H23FN4O3. The fraction of sp³-hybridized carbons (Fsp3) is 0.160. The smallest absolute Gasteiger partial charge is 0.246 e. The monoisotopic (exact) mass is 446 g/mol. The van der Waals surface area contributed by atoms with Crippen LogP contribution < -0.4 is 5.32 Å². The third-order valence-corrected chi connectivity index (χ3v) is 5.05. The minimum atomic E-state index is -0.406. The molecule has 2 heterocycles. The number of anilines is 1.